The molecule has 112 valence electrons. The van der Waals surface area contributed by atoms with Crippen molar-refractivity contribution in [2.75, 3.05) is 13.2 Å². The molecule has 0 spiro atoms. The first-order valence-corrected chi connectivity index (χ1v) is 7.70. The van der Waals surface area contributed by atoms with Gasteiger partial charge in [-0.05, 0) is 25.0 Å². The van der Waals surface area contributed by atoms with Crippen LogP contribution < -0.4 is 5.32 Å². The van der Waals surface area contributed by atoms with Crippen molar-refractivity contribution in [3.63, 3.8) is 0 Å². The van der Waals surface area contributed by atoms with Gasteiger partial charge in [-0.2, -0.15) is 5.10 Å². The monoisotopic (exact) mass is 285 g/mol. The second-order valence-electron chi connectivity index (χ2n) is 5.79. The van der Waals surface area contributed by atoms with Gasteiger partial charge in [-0.1, -0.05) is 30.3 Å². The quantitative estimate of drug-likeness (QED) is 0.887. The molecule has 4 heteroatoms. The van der Waals surface area contributed by atoms with Gasteiger partial charge in [-0.25, -0.2) is 0 Å². The standard InChI is InChI=1S/C17H23N3O/c1-14(13-20-10-5-9-19-20)18-12-16-8-11-21-17(16)15-6-3-2-4-7-15/h2-7,9-10,14,16-18H,8,11-13H2,1H3/t14-,16+,17+/m0/s1. The Morgan fingerprint density at radius 1 is 1.33 bits per heavy atom. The molecule has 1 aromatic carbocycles. The lowest BCUT2D eigenvalue weighted by molar-refractivity contribution is 0.0897. The largest absolute Gasteiger partial charge is 0.373 e. The summed E-state index contributed by atoms with van der Waals surface area (Å²) in [6, 6.07) is 12.9. The van der Waals surface area contributed by atoms with Gasteiger partial charge in [0.2, 0.25) is 0 Å². The Labute approximate surface area is 126 Å². The fourth-order valence-corrected chi connectivity index (χ4v) is 2.96. The molecule has 1 saturated heterocycles. The first kappa shape index (κ1) is 14.3. The summed E-state index contributed by atoms with van der Waals surface area (Å²) < 4.78 is 7.90. The van der Waals surface area contributed by atoms with E-state index in [1.165, 1.54) is 5.56 Å². The Morgan fingerprint density at radius 3 is 2.95 bits per heavy atom. The van der Waals surface area contributed by atoms with E-state index >= 15 is 0 Å². The van der Waals surface area contributed by atoms with Crippen molar-refractivity contribution < 1.29 is 4.74 Å². The van der Waals surface area contributed by atoms with Crippen LogP contribution in [0.15, 0.2) is 48.8 Å². The number of hydrogen-bond donors (Lipinski definition) is 1. The Bertz CT molecular complexity index is 526. The molecular weight excluding hydrogens is 262 g/mol. The van der Waals surface area contributed by atoms with Crippen LogP contribution in [0.25, 0.3) is 0 Å². The summed E-state index contributed by atoms with van der Waals surface area (Å²) in [5.41, 5.74) is 1.29. The summed E-state index contributed by atoms with van der Waals surface area (Å²) in [5.74, 6) is 0.549. The fourth-order valence-electron chi connectivity index (χ4n) is 2.96. The Hall–Kier alpha value is -1.65. The lowest BCUT2D eigenvalue weighted by Crippen LogP contribution is -2.35. The van der Waals surface area contributed by atoms with E-state index in [9.17, 15) is 0 Å². The van der Waals surface area contributed by atoms with E-state index in [4.69, 9.17) is 4.74 Å². The van der Waals surface area contributed by atoms with Crippen LogP contribution in [-0.4, -0.2) is 29.0 Å². The number of hydrogen-bond acceptors (Lipinski definition) is 3. The molecule has 1 aromatic heterocycles. The van der Waals surface area contributed by atoms with Crippen molar-refractivity contribution in [2.45, 2.75) is 32.0 Å². The molecule has 2 heterocycles. The van der Waals surface area contributed by atoms with E-state index in [0.717, 1.165) is 26.1 Å². The van der Waals surface area contributed by atoms with Crippen molar-refractivity contribution in [1.29, 1.82) is 0 Å². The minimum absolute atomic E-state index is 0.232. The summed E-state index contributed by atoms with van der Waals surface area (Å²) in [7, 11) is 0. The number of aromatic nitrogens is 2. The second kappa shape index (κ2) is 6.87. The Balaban J connectivity index is 1.52. The van der Waals surface area contributed by atoms with Crippen LogP contribution in [0.3, 0.4) is 0 Å². The minimum atomic E-state index is 0.232. The highest BCUT2D eigenvalue weighted by atomic mass is 16.5. The first-order chi connectivity index (χ1) is 10.3. The Morgan fingerprint density at radius 2 is 2.19 bits per heavy atom. The molecule has 21 heavy (non-hydrogen) atoms. The van der Waals surface area contributed by atoms with Crippen molar-refractivity contribution in [2.24, 2.45) is 5.92 Å². The average Bonchev–Trinajstić information content (AvgIpc) is 3.17. The van der Waals surface area contributed by atoms with Gasteiger partial charge < -0.3 is 10.1 Å². The SMILES string of the molecule is C[C@@H](Cn1cccn1)NC[C@H]1CCO[C@@H]1c1ccccc1. The van der Waals surface area contributed by atoms with E-state index < -0.39 is 0 Å². The van der Waals surface area contributed by atoms with E-state index in [0.29, 0.717) is 12.0 Å². The molecule has 4 nitrogen and oxygen atoms in total. The van der Waals surface area contributed by atoms with Crippen LogP contribution in [0.2, 0.25) is 0 Å². The van der Waals surface area contributed by atoms with E-state index in [2.05, 4.69) is 47.7 Å². The van der Waals surface area contributed by atoms with Gasteiger partial charge in [0.15, 0.2) is 0 Å². The van der Waals surface area contributed by atoms with Crippen molar-refractivity contribution in [1.82, 2.24) is 15.1 Å². The van der Waals surface area contributed by atoms with Crippen LogP contribution in [0, 0.1) is 5.92 Å². The van der Waals surface area contributed by atoms with Crippen LogP contribution in [0.5, 0.6) is 0 Å². The van der Waals surface area contributed by atoms with Crippen LogP contribution in [0.4, 0.5) is 0 Å². The smallest absolute Gasteiger partial charge is 0.0866 e. The highest BCUT2D eigenvalue weighted by molar-refractivity contribution is 5.19. The molecule has 0 radical (unpaired) electrons. The summed E-state index contributed by atoms with van der Waals surface area (Å²) in [6.45, 7) is 4.95. The highest BCUT2D eigenvalue weighted by Crippen LogP contribution is 2.33. The zero-order chi connectivity index (χ0) is 14.5. The predicted molar refractivity (Wildman–Crippen MR) is 82.9 cm³/mol. The van der Waals surface area contributed by atoms with Gasteiger partial charge in [-0.3, -0.25) is 4.68 Å². The lowest BCUT2D eigenvalue weighted by Gasteiger charge is -2.22. The van der Waals surface area contributed by atoms with Crippen molar-refractivity contribution >= 4 is 0 Å². The molecule has 1 aliphatic rings. The van der Waals surface area contributed by atoms with Gasteiger partial charge in [0, 0.05) is 37.5 Å². The normalized spacial score (nSPS) is 23.3. The highest BCUT2D eigenvalue weighted by Gasteiger charge is 2.29. The summed E-state index contributed by atoms with van der Waals surface area (Å²) in [6.07, 6.45) is 5.18. The topological polar surface area (TPSA) is 39.1 Å². The molecule has 3 rings (SSSR count). The molecule has 0 amide bonds. The first-order valence-electron chi connectivity index (χ1n) is 7.70. The molecule has 0 unspecified atom stereocenters. The van der Waals surface area contributed by atoms with Crippen LogP contribution >= 0.6 is 0 Å². The molecule has 2 aromatic rings. The molecular formula is C17H23N3O. The maximum atomic E-state index is 5.93. The van der Waals surface area contributed by atoms with E-state index in [-0.39, 0.29) is 6.10 Å². The third-order valence-electron chi connectivity index (χ3n) is 4.09. The van der Waals surface area contributed by atoms with Crippen LogP contribution in [0.1, 0.15) is 25.0 Å². The van der Waals surface area contributed by atoms with Gasteiger partial charge >= 0.3 is 0 Å². The Kier molecular flexibility index (Phi) is 4.68. The van der Waals surface area contributed by atoms with Gasteiger partial charge in [0.25, 0.3) is 0 Å². The predicted octanol–water partition coefficient (Wildman–Crippen LogP) is 2.64. The fraction of sp³-hybridized carbons (Fsp3) is 0.471. The van der Waals surface area contributed by atoms with E-state index in [1.54, 1.807) is 0 Å². The number of ether oxygens (including phenoxy) is 1. The zero-order valence-electron chi connectivity index (χ0n) is 12.5. The zero-order valence-corrected chi connectivity index (χ0v) is 12.5. The van der Waals surface area contributed by atoms with Gasteiger partial charge in [-0.15, -0.1) is 0 Å². The van der Waals surface area contributed by atoms with Crippen LogP contribution in [-0.2, 0) is 11.3 Å². The van der Waals surface area contributed by atoms with Gasteiger partial charge in [0.05, 0.1) is 12.6 Å². The molecule has 0 aliphatic carbocycles. The summed E-state index contributed by atoms with van der Waals surface area (Å²) in [5, 5.41) is 7.87. The number of rotatable bonds is 6. The number of benzene rings is 1. The summed E-state index contributed by atoms with van der Waals surface area (Å²) in [4.78, 5) is 0. The molecule has 1 fully saturated rings. The molecule has 1 aliphatic heterocycles. The molecule has 0 saturated carbocycles. The maximum absolute atomic E-state index is 5.93. The number of nitrogens with one attached hydrogen (secondary N) is 1. The average molecular weight is 285 g/mol. The summed E-state index contributed by atoms with van der Waals surface area (Å²) >= 11 is 0. The third kappa shape index (κ3) is 3.71. The second-order valence-corrected chi connectivity index (χ2v) is 5.79. The minimum Gasteiger partial charge on any atom is -0.373 e. The maximum Gasteiger partial charge on any atom is 0.0866 e. The lowest BCUT2D eigenvalue weighted by atomic mass is 9.95. The number of nitrogens with zero attached hydrogens (tertiary/aromatic N) is 2. The third-order valence-corrected chi connectivity index (χ3v) is 4.09. The molecule has 1 N–H and O–H groups in total. The van der Waals surface area contributed by atoms with Crippen molar-refractivity contribution in [3.8, 4) is 0 Å². The molecule has 0 bridgehead atoms. The van der Waals surface area contributed by atoms with Crippen molar-refractivity contribution in [3.05, 3.63) is 54.4 Å². The van der Waals surface area contributed by atoms with E-state index in [1.807, 2.05) is 23.1 Å². The molecule has 3 atom stereocenters. The van der Waals surface area contributed by atoms with Gasteiger partial charge in [0.1, 0.15) is 0 Å².